The number of carbonyl (C=O) groups is 2. The van der Waals surface area contributed by atoms with Gasteiger partial charge in [-0.15, -0.1) is 11.3 Å². The van der Waals surface area contributed by atoms with E-state index in [9.17, 15) is 14.4 Å². The minimum atomic E-state index is -0.582. The molecule has 0 bridgehead atoms. The summed E-state index contributed by atoms with van der Waals surface area (Å²) in [6, 6.07) is 8.73. The molecule has 1 atom stereocenters. The Morgan fingerprint density at radius 1 is 1.30 bits per heavy atom. The maximum atomic E-state index is 13.7. The van der Waals surface area contributed by atoms with Crippen molar-refractivity contribution >= 4 is 45.3 Å². The number of hydrogen-bond donors (Lipinski definition) is 2. The van der Waals surface area contributed by atoms with Crippen molar-refractivity contribution in [2.45, 2.75) is 31.3 Å². The van der Waals surface area contributed by atoms with Crippen LogP contribution >= 0.6 is 23.1 Å². The zero-order chi connectivity index (χ0) is 23.4. The van der Waals surface area contributed by atoms with Gasteiger partial charge in [0.05, 0.1) is 23.4 Å². The molecule has 0 fully saturated rings. The first-order valence-electron chi connectivity index (χ1n) is 10.8. The number of thiophene rings is 1. The number of ether oxygens (including phenoxy) is 1. The topological polar surface area (TPSA) is 102 Å². The summed E-state index contributed by atoms with van der Waals surface area (Å²) in [5.41, 5.74) is 1.71. The number of fused-ring (bicyclic) bond motifs is 3. The van der Waals surface area contributed by atoms with E-state index in [2.05, 4.69) is 17.6 Å². The van der Waals surface area contributed by atoms with Crippen molar-refractivity contribution in [3.05, 3.63) is 51.1 Å². The van der Waals surface area contributed by atoms with Crippen LogP contribution in [0.4, 0.5) is 4.79 Å². The molecule has 1 aromatic carbocycles. The molecule has 1 aliphatic rings. The number of benzene rings is 1. The van der Waals surface area contributed by atoms with Crippen molar-refractivity contribution in [1.82, 2.24) is 20.2 Å². The SMILES string of the molecule is COCCNC(=O)NC(=O)CSc1nc2sc3c(c2c(=O)n1-c1ccccc1)CCC(C)C3. The molecule has 2 aromatic heterocycles. The van der Waals surface area contributed by atoms with Crippen molar-refractivity contribution in [1.29, 1.82) is 0 Å². The molecule has 0 aliphatic heterocycles. The molecule has 2 N–H and O–H groups in total. The molecule has 33 heavy (non-hydrogen) atoms. The summed E-state index contributed by atoms with van der Waals surface area (Å²) in [6.07, 6.45) is 2.91. The molecular weight excluding hydrogens is 460 g/mol. The molecule has 3 amide bonds. The third-order valence-corrected chi connectivity index (χ3v) is 7.58. The molecule has 1 aliphatic carbocycles. The lowest BCUT2D eigenvalue weighted by molar-refractivity contribution is -0.117. The number of thioether (sulfide) groups is 1. The zero-order valence-electron chi connectivity index (χ0n) is 18.6. The minimum Gasteiger partial charge on any atom is -0.383 e. The van der Waals surface area contributed by atoms with Crippen LogP contribution in [0, 0.1) is 5.92 Å². The van der Waals surface area contributed by atoms with Gasteiger partial charge in [0, 0.05) is 18.5 Å². The lowest BCUT2D eigenvalue weighted by Crippen LogP contribution is -2.41. The van der Waals surface area contributed by atoms with Crippen LogP contribution in [0.15, 0.2) is 40.3 Å². The van der Waals surface area contributed by atoms with Crippen LogP contribution in [0.2, 0.25) is 0 Å². The van der Waals surface area contributed by atoms with Gasteiger partial charge >= 0.3 is 6.03 Å². The largest absolute Gasteiger partial charge is 0.383 e. The van der Waals surface area contributed by atoms with Gasteiger partial charge in [-0.05, 0) is 42.9 Å². The lowest BCUT2D eigenvalue weighted by Gasteiger charge is -2.17. The van der Waals surface area contributed by atoms with Crippen molar-refractivity contribution in [2.75, 3.05) is 26.0 Å². The second-order valence-corrected chi connectivity index (χ2v) is 10.0. The molecule has 174 valence electrons. The van der Waals surface area contributed by atoms with Gasteiger partial charge in [0.25, 0.3) is 5.56 Å². The number of amides is 3. The Morgan fingerprint density at radius 2 is 2.09 bits per heavy atom. The fourth-order valence-corrected chi connectivity index (χ4v) is 6.11. The van der Waals surface area contributed by atoms with Crippen molar-refractivity contribution < 1.29 is 14.3 Å². The van der Waals surface area contributed by atoms with Gasteiger partial charge in [-0.25, -0.2) is 9.78 Å². The Kier molecular flexibility index (Phi) is 7.46. The maximum absolute atomic E-state index is 13.7. The third-order valence-electron chi connectivity index (χ3n) is 5.49. The summed E-state index contributed by atoms with van der Waals surface area (Å²) < 4.78 is 6.44. The van der Waals surface area contributed by atoms with Gasteiger partial charge in [-0.2, -0.15) is 0 Å². The Labute approximate surface area is 199 Å². The Bertz CT molecular complexity index is 1220. The molecule has 0 saturated carbocycles. The van der Waals surface area contributed by atoms with E-state index >= 15 is 0 Å². The van der Waals surface area contributed by atoms with Crippen LogP contribution in [0.5, 0.6) is 0 Å². The summed E-state index contributed by atoms with van der Waals surface area (Å²) in [5, 5.41) is 5.95. The number of rotatable bonds is 7. The van der Waals surface area contributed by atoms with Crippen molar-refractivity contribution in [3.63, 3.8) is 0 Å². The molecule has 8 nitrogen and oxygen atoms in total. The second kappa shape index (κ2) is 10.5. The highest BCUT2D eigenvalue weighted by Crippen LogP contribution is 2.36. The molecule has 0 radical (unpaired) electrons. The number of hydrogen-bond acceptors (Lipinski definition) is 7. The molecule has 4 rings (SSSR count). The molecule has 1 unspecified atom stereocenters. The van der Waals surface area contributed by atoms with Gasteiger partial charge < -0.3 is 10.1 Å². The number of aromatic nitrogens is 2. The van der Waals surface area contributed by atoms with Gasteiger partial charge in [-0.3, -0.25) is 19.5 Å². The Hall–Kier alpha value is -2.69. The summed E-state index contributed by atoms with van der Waals surface area (Å²) >= 11 is 2.72. The van der Waals surface area contributed by atoms with E-state index in [1.54, 1.807) is 15.9 Å². The number of nitrogens with zero attached hydrogens (tertiary/aromatic N) is 2. The average Bonchev–Trinajstić information content (AvgIpc) is 3.16. The van der Waals surface area contributed by atoms with Crippen molar-refractivity contribution in [2.24, 2.45) is 5.92 Å². The number of aryl methyl sites for hydroxylation is 1. The van der Waals surface area contributed by atoms with Crippen LogP contribution in [0.25, 0.3) is 15.9 Å². The number of para-hydroxylation sites is 1. The predicted octanol–water partition coefficient (Wildman–Crippen LogP) is 3.14. The zero-order valence-corrected chi connectivity index (χ0v) is 20.2. The lowest BCUT2D eigenvalue weighted by atomic mass is 9.89. The van der Waals surface area contributed by atoms with Crippen LogP contribution in [0.3, 0.4) is 0 Å². The van der Waals surface area contributed by atoms with E-state index < -0.39 is 11.9 Å². The number of carbonyl (C=O) groups excluding carboxylic acids is 2. The van der Waals surface area contributed by atoms with E-state index in [4.69, 9.17) is 9.72 Å². The van der Waals surface area contributed by atoms with Crippen LogP contribution in [-0.2, 0) is 22.4 Å². The molecule has 0 saturated heterocycles. The van der Waals surface area contributed by atoms with E-state index in [1.807, 2.05) is 30.3 Å². The number of imide groups is 1. The predicted molar refractivity (Wildman–Crippen MR) is 131 cm³/mol. The molecule has 10 heteroatoms. The van der Waals surface area contributed by atoms with Gasteiger partial charge in [0.1, 0.15) is 4.83 Å². The quantitative estimate of drug-likeness (QED) is 0.302. The first-order valence-corrected chi connectivity index (χ1v) is 12.6. The first kappa shape index (κ1) is 23.5. The molecular formula is C23H26N4O4S2. The molecule has 2 heterocycles. The Balaban J connectivity index is 1.64. The summed E-state index contributed by atoms with van der Waals surface area (Å²) in [6.45, 7) is 2.89. The number of urea groups is 1. The van der Waals surface area contributed by atoms with Crippen LogP contribution < -0.4 is 16.2 Å². The fourth-order valence-electron chi connectivity index (χ4n) is 3.88. The monoisotopic (exact) mass is 486 g/mol. The Morgan fingerprint density at radius 3 is 2.85 bits per heavy atom. The maximum Gasteiger partial charge on any atom is 0.321 e. The first-order chi connectivity index (χ1) is 16.0. The van der Waals surface area contributed by atoms with Crippen LogP contribution in [0.1, 0.15) is 23.8 Å². The van der Waals surface area contributed by atoms with E-state index in [0.29, 0.717) is 40.1 Å². The second-order valence-electron chi connectivity index (χ2n) is 7.99. The normalized spacial score (nSPS) is 15.3. The van der Waals surface area contributed by atoms with Gasteiger partial charge in [0.2, 0.25) is 5.91 Å². The van der Waals surface area contributed by atoms with E-state index in [-0.39, 0.29) is 11.3 Å². The number of methoxy groups -OCH3 is 1. The summed E-state index contributed by atoms with van der Waals surface area (Å²) in [4.78, 5) is 44.6. The average molecular weight is 487 g/mol. The fraction of sp³-hybridized carbons (Fsp3) is 0.391. The summed E-state index contributed by atoms with van der Waals surface area (Å²) in [7, 11) is 1.53. The van der Waals surface area contributed by atoms with E-state index in [0.717, 1.165) is 36.6 Å². The smallest absolute Gasteiger partial charge is 0.321 e. The highest BCUT2D eigenvalue weighted by atomic mass is 32.2. The summed E-state index contributed by atoms with van der Waals surface area (Å²) in [5.74, 6) is 0.0718. The standard InChI is InChI=1S/C23H26N4O4S2/c1-14-8-9-16-17(12-14)33-20-19(16)21(29)27(15-6-4-3-5-7-15)23(26-20)32-13-18(28)25-22(30)24-10-11-31-2/h3-7,14H,8-13H2,1-2H3,(H2,24,25,28,30). The van der Waals surface area contributed by atoms with Crippen molar-refractivity contribution in [3.8, 4) is 5.69 Å². The van der Waals surface area contributed by atoms with Gasteiger partial charge in [0.15, 0.2) is 5.16 Å². The van der Waals surface area contributed by atoms with Gasteiger partial charge in [-0.1, -0.05) is 36.9 Å². The third kappa shape index (κ3) is 5.29. The minimum absolute atomic E-state index is 0.0510. The molecule has 0 spiro atoms. The van der Waals surface area contributed by atoms with Crippen LogP contribution in [-0.4, -0.2) is 47.5 Å². The number of nitrogens with one attached hydrogen (secondary N) is 2. The van der Waals surface area contributed by atoms with E-state index in [1.165, 1.54) is 12.0 Å². The highest BCUT2D eigenvalue weighted by molar-refractivity contribution is 7.99. The highest BCUT2D eigenvalue weighted by Gasteiger charge is 2.25. The molecule has 3 aromatic rings.